The molecule has 6 heteroatoms. The predicted molar refractivity (Wildman–Crippen MR) is 96.3 cm³/mol. The average Bonchev–Trinajstić information content (AvgIpc) is 2.59. The van der Waals surface area contributed by atoms with Crippen molar-refractivity contribution in [2.75, 3.05) is 32.7 Å². The summed E-state index contributed by atoms with van der Waals surface area (Å²) in [6, 6.07) is 9.99. The average molecular weight is 332 g/mol. The minimum Gasteiger partial charge on any atom is -0.490 e. The van der Waals surface area contributed by atoms with E-state index in [2.05, 4.69) is 27.4 Å². The number of para-hydroxylation sites is 1. The lowest BCUT2D eigenvalue weighted by molar-refractivity contribution is -0.118. The second-order valence-electron chi connectivity index (χ2n) is 5.84. The lowest BCUT2D eigenvalue weighted by Gasteiger charge is -2.34. The standard InChI is InChI=1S/C18H28N4O2/c1-3-19-18(21-12-11-20-15(2)23)22-13-9-17(10-14-22)24-16-7-5-4-6-8-16/h4-8,17H,3,9-14H2,1-2H3,(H,19,21)(H,20,23). The molecule has 2 rings (SSSR count). The fourth-order valence-electron chi connectivity index (χ4n) is 2.70. The van der Waals surface area contributed by atoms with Gasteiger partial charge >= 0.3 is 0 Å². The number of guanidine groups is 1. The molecule has 0 aromatic heterocycles. The number of hydrogen-bond acceptors (Lipinski definition) is 3. The summed E-state index contributed by atoms with van der Waals surface area (Å²) >= 11 is 0. The SMILES string of the molecule is CCNC(=NCCNC(C)=O)N1CCC(Oc2ccccc2)CC1. The van der Waals surface area contributed by atoms with Crippen molar-refractivity contribution in [2.24, 2.45) is 4.99 Å². The number of ether oxygens (including phenoxy) is 1. The molecule has 0 unspecified atom stereocenters. The summed E-state index contributed by atoms with van der Waals surface area (Å²) in [6.07, 6.45) is 2.21. The number of rotatable bonds is 6. The molecule has 0 aliphatic carbocycles. The number of piperidine rings is 1. The summed E-state index contributed by atoms with van der Waals surface area (Å²) < 4.78 is 6.03. The van der Waals surface area contributed by atoms with E-state index in [0.717, 1.165) is 44.2 Å². The first-order valence-corrected chi connectivity index (χ1v) is 8.68. The lowest BCUT2D eigenvalue weighted by Crippen LogP contribution is -2.47. The van der Waals surface area contributed by atoms with Gasteiger partial charge in [-0.05, 0) is 19.1 Å². The second kappa shape index (κ2) is 9.80. The minimum absolute atomic E-state index is 0.0194. The van der Waals surface area contributed by atoms with E-state index in [4.69, 9.17) is 4.74 Å². The Morgan fingerprint density at radius 2 is 1.96 bits per heavy atom. The van der Waals surface area contributed by atoms with Crippen LogP contribution in [0.4, 0.5) is 0 Å². The van der Waals surface area contributed by atoms with Crippen LogP contribution in [0, 0.1) is 0 Å². The zero-order valence-corrected chi connectivity index (χ0v) is 14.6. The quantitative estimate of drug-likeness (QED) is 0.472. The maximum absolute atomic E-state index is 10.9. The monoisotopic (exact) mass is 332 g/mol. The van der Waals surface area contributed by atoms with Crippen molar-refractivity contribution in [1.82, 2.24) is 15.5 Å². The van der Waals surface area contributed by atoms with E-state index in [1.165, 1.54) is 6.92 Å². The van der Waals surface area contributed by atoms with Gasteiger partial charge in [-0.2, -0.15) is 0 Å². The molecular weight excluding hydrogens is 304 g/mol. The highest BCUT2D eigenvalue weighted by molar-refractivity contribution is 5.80. The molecule has 1 aromatic carbocycles. The highest BCUT2D eigenvalue weighted by Gasteiger charge is 2.22. The fraction of sp³-hybridized carbons (Fsp3) is 0.556. The Bertz CT molecular complexity index is 525. The number of nitrogens with zero attached hydrogens (tertiary/aromatic N) is 2. The number of carbonyl (C=O) groups excluding carboxylic acids is 1. The molecule has 1 heterocycles. The molecule has 1 aliphatic rings. The maximum Gasteiger partial charge on any atom is 0.216 e. The predicted octanol–water partition coefficient (Wildman–Crippen LogP) is 1.63. The summed E-state index contributed by atoms with van der Waals surface area (Å²) in [5.41, 5.74) is 0. The van der Waals surface area contributed by atoms with Gasteiger partial charge in [0.15, 0.2) is 5.96 Å². The van der Waals surface area contributed by atoms with Gasteiger partial charge in [0.2, 0.25) is 5.91 Å². The number of benzene rings is 1. The number of amides is 1. The van der Waals surface area contributed by atoms with Gasteiger partial charge in [0, 0.05) is 45.9 Å². The zero-order valence-electron chi connectivity index (χ0n) is 14.6. The molecule has 0 radical (unpaired) electrons. The minimum atomic E-state index is -0.0194. The Balaban J connectivity index is 1.81. The third-order valence-corrected chi connectivity index (χ3v) is 3.87. The summed E-state index contributed by atoms with van der Waals surface area (Å²) in [7, 11) is 0. The number of likely N-dealkylation sites (tertiary alicyclic amines) is 1. The zero-order chi connectivity index (χ0) is 17.2. The Morgan fingerprint density at radius 1 is 1.25 bits per heavy atom. The molecule has 0 atom stereocenters. The van der Waals surface area contributed by atoms with E-state index in [1.807, 2.05) is 30.3 Å². The third-order valence-electron chi connectivity index (χ3n) is 3.87. The van der Waals surface area contributed by atoms with E-state index in [0.29, 0.717) is 13.1 Å². The molecule has 1 aliphatic heterocycles. The topological polar surface area (TPSA) is 66.0 Å². The molecule has 132 valence electrons. The van der Waals surface area contributed by atoms with Crippen molar-refractivity contribution in [2.45, 2.75) is 32.8 Å². The molecule has 1 fully saturated rings. The molecular formula is C18H28N4O2. The van der Waals surface area contributed by atoms with Gasteiger partial charge in [-0.1, -0.05) is 18.2 Å². The Labute approximate surface area is 144 Å². The number of hydrogen-bond donors (Lipinski definition) is 2. The van der Waals surface area contributed by atoms with Gasteiger partial charge in [0.25, 0.3) is 0 Å². The van der Waals surface area contributed by atoms with Crippen LogP contribution in [-0.2, 0) is 4.79 Å². The van der Waals surface area contributed by atoms with Crippen LogP contribution in [0.3, 0.4) is 0 Å². The smallest absolute Gasteiger partial charge is 0.216 e. The van der Waals surface area contributed by atoms with Gasteiger partial charge in [-0.15, -0.1) is 0 Å². The lowest BCUT2D eigenvalue weighted by atomic mass is 10.1. The maximum atomic E-state index is 10.9. The van der Waals surface area contributed by atoms with Gasteiger partial charge in [-0.25, -0.2) is 0 Å². The van der Waals surface area contributed by atoms with Crippen LogP contribution in [0.5, 0.6) is 5.75 Å². The molecule has 0 spiro atoms. The molecule has 1 amide bonds. The highest BCUT2D eigenvalue weighted by Crippen LogP contribution is 2.18. The van der Waals surface area contributed by atoms with Crippen LogP contribution in [0.1, 0.15) is 26.7 Å². The van der Waals surface area contributed by atoms with E-state index in [1.54, 1.807) is 0 Å². The van der Waals surface area contributed by atoms with Gasteiger partial charge in [-0.3, -0.25) is 9.79 Å². The van der Waals surface area contributed by atoms with Crippen molar-refractivity contribution >= 4 is 11.9 Å². The molecule has 6 nitrogen and oxygen atoms in total. The second-order valence-corrected chi connectivity index (χ2v) is 5.84. The van der Waals surface area contributed by atoms with Crippen LogP contribution in [-0.4, -0.2) is 55.6 Å². The molecule has 1 aromatic rings. The summed E-state index contributed by atoms with van der Waals surface area (Å²) in [5.74, 6) is 1.84. The summed E-state index contributed by atoms with van der Waals surface area (Å²) in [6.45, 7) is 7.41. The van der Waals surface area contributed by atoms with Crippen molar-refractivity contribution in [3.8, 4) is 5.75 Å². The molecule has 2 N–H and O–H groups in total. The summed E-state index contributed by atoms with van der Waals surface area (Å²) in [5, 5.41) is 6.10. The number of nitrogens with one attached hydrogen (secondary N) is 2. The number of carbonyl (C=O) groups is 1. The molecule has 1 saturated heterocycles. The molecule has 24 heavy (non-hydrogen) atoms. The fourth-order valence-corrected chi connectivity index (χ4v) is 2.70. The van der Waals surface area contributed by atoms with Crippen LogP contribution in [0.2, 0.25) is 0 Å². The van der Waals surface area contributed by atoms with Crippen LogP contribution in [0.25, 0.3) is 0 Å². The van der Waals surface area contributed by atoms with Crippen molar-refractivity contribution in [3.63, 3.8) is 0 Å². The first-order valence-electron chi connectivity index (χ1n) is 8.68. The van der Waals surface area contributed by atoms with Gasteiger partial charge in [0.05, 0.1) is 6.54 Å². The highest BCUT2D eigenvalue weighted by atomic mass is 16.5. The molecule has 0 bridgehead atoms. The van der Waals surface area contributed by atoms with Crippen molar-refractivity contribution < 1.29 is 9.53 Å². The van der Waals surface area contributed by atoms with E-state index in [-0.39, 0.29) is 12.0 Å². The number of aliphatic imine (C=N–C) groups is 1. The van der Waals surface area contributed by atoms with Crippen molar-refractivity contribution in [3.05, 3.63) is 30.3 Å². The van der Waals surface area contributed by atoms with E-state index < -0.39 is 0 Å². The largest absolute Gasteiger partial charge is 0.490 e. The normalized spacial score (nSPS) is 15.9. The molecule has 0 saturated carbocycles. The van der Waals surface area contributed by atoms with Gasteiger partial charge in [0.1, 0.15) is 11.9 Å². The third kappa shape index (κ3) is 6.10. The van der Waals surface area contributed by atoms with E-state index >= 15 is 0 Å². The van der Waals surface area contributed by atoms with Crippen LogP contribution >= 0.6 is 0 Å². The Kier molecular flexibility index (Phi) is 7.39. The Hall–Kier alpha value is -2.24. The van der Waals surface area contributed by atoms with Crippen LogP contribution in [0.15, 0.2) is 35.3 Å². The Morgan fingerprint density at radius 3 is 2.58 bits per heavy atom. The first-order chi connectivity index (χ1) is 11.7. The first kappa shape index (κ1) is 18.1. The van der Waals surface area contributed by atoms with Gasteiger partial charge < -0.3 is 20.3 Å². The van der Waals surface area contributed by atoms with Crippen LogP contribution < -0.4 is 15.4 Å². The summed E-state index contributed by atoms with van der Waals surface area (Å²) in [4.78, 5) is 17.8. The van der Waals surface area contributed by atoms with E-state index in [9.17, 15) is 4.79 Å². The van der Waals surface area contributed by atoms with Crippen molar-refractivity contribution in [1.29, 1.82) is 0 Å².